The van der Waals surface area contributed by atoms with E-state index >= 15 is 0 Å². The van der Waals surface area contributed by atoms with Crippen LogP contribution in [0.4, 0.5) is 0 Å². The van der Waals surface area contributed by atoms with Crippen LogP contribution in [0, 0.1) is 3.57 Å². The Balaban J connectivity index is 2.61. The first kappa shape index (κ1) is 14.9. The van der Waals surface area contributed by atoms with Crippen LogP contribution in [0.15, 0.2) is 22.7 Å². The van der Waals surface area contributed by atoms with Gasteiger partial charge in [-0.25, -0.2) is 0 Å². The molecule has 94 valence electrons. The summed E-state index contributed by atoms with van der Waals surface area (Å²) in [5.74, 6) is -0.162. The van der Waals surface area contributed by atoms with Gasteiger partial charge in [0.15, 0.2) is 0 Å². The molecule has 0 aliphatic rings. The zero-order valence-corrected chi connectivity index (χ0v) is 13.3. The van der Waals surface area contributed by atoms with Crippen molar-refractivity contribution in [3.8, 4) is 0 Å². The van der Waals surface area contributed by atoms with Gasteiger partial charge in [0.05, 0.1) is 11.7 Å². The smallest absolute Gasteiger partial charge is 0.252 e. The first-order valence-electron chi connectivity index (χ1n) is 5.46. The number of benzene rings is 1. The molecule has 5 heteroatoms. The topological polar surface area (TPSA) is 49.3 Å². The molecule has 1 rings (SSSR count). The summed E-state index contributed by atoms with van der Waals surface area (Å²) in [6.07, 6.45) is 1.14. The summed E-state index contributed by atoms with van der Waals surface area (Å²) in [6.45, 7) is 2.30. The number of rotatable bonds is 5. The van der Waals surface area contributed by atoms with Crippen LogP contribution in [0.25, 0.3) is 0 Å². The predicted molar refractivity (Wildman–Crippen MR) is 80.1 cm³/mol. The highest BCUT2D eigenvalue weighted by Gasteiger charge is 2.11. The van der Waals surface area contributed by atoms with Gasteiger partial charge in [-0.05, 0) is 63.1 Å². The van der Waals surface area contributed by atoms with E-state index in [4.69, 9.17) is 0 Å². The Kier molecular flexibility index (Phi) is 6.43. The predicted octanol–water partition coefficient (Wildman–Crippen LogP) is 2.94. The van der Waals surface area contributed by atoms with Crippen LogP contribution < -0.4 is 5.32 Å². The van der Waals surface area contributed by atoms with E-state index in [1.165, 1.54) is 0 Å². The van der Waals surface area contributed by atoms with Crippen LogP contribution in [0.1, 0.15) is 30.1 Å². The lowest BCUT2D eigenvalue weighted by atomic mass is 10.2. The van der Waals surface area contributed by atoms with Gasteiger partial charge in [-0.3, -0.25) is 4.79 Å². The van der Waals surface area contributed by atoms with Crippen LogP contribution >= 0.6 is 38.5 Å². The largest absolute Gasteiger partial charge is 0.391 e. The fourth-order valence-electron chi connectivity index (χ4n) is 1.41. The monoisotopic (exact) mass is 411 g/mol. The molecule has 0 fully saturated rings. The Labute approximate surface area is 123 Å². The zero-order valence-electron chi connectivity index (χ0n) is 9.54. The summed E-state index contributed by atoms with van der Waals surface area (Å²) in [4.78, 5) is 11.9. The second-order valence-corrected chi connectivity index (χ2v) is 5.88. The van der Waals surface area contributed by atoms with E-state index in [0.717, 1.165) is 14.5 Å². The molecular formula is C12H15BrINO2. The lowest BCUT2D eigenvalue weighted by Crippen LogP contribution is -2.32. The minimum atomic E-state index is -0.467. The van der Waals surface area contributed by atoms with Gasteiger partial charge in [0.1, 0.15) is 0 Å². The number of aliphatic hydroxyl groups is 1. The van der Waals surface area contributed by atoms with Crippen molar-refractivity contribution in [2.45, 2.75) is 25.9 Å². The molecule has 0 aromatic heterocycles. The molecular weight excluding hydrogens is 397 g/mol. The van der Waals surface area contributed by atoms with Crippen molar-refractivity contribution in [2.75, 3.05) is 6.54 Å². The van der Waals surface area contributed by atoms with Crippen molar-refractivity contribution in [1.29, 1.82) is 0 Å². The molecule has 1 aromatic carbocycles. The Hall–Kier alpha value is -0.140. The van der Waals surface area contributed by atoms with Crippen molar-refractivity contribution in [3.05, 3.63) is 31.8 Å². The minimum absolute atomic E-state index is 0.162. The second-order valence-electron chi connectivity index (χ2n) is 3.78. The van der Waals surface area contributed by atoms with E-state index in [0.29, 0.717) is 18.5 Å². The van der Waals surface area contributed by atoms with Crippen LogP contribution in [0.5, 0.6) is 0 Å². The summed E-state index contributed by atoms with van der Waals surface area (Å²) in [5.41, 5.74) is 0.598. The molecule has 1 amide bonds. The summed E-state index contributed by atoms with van der Waals surface area (Å²) in [7, 11) is 0. The Morgan fingerprint density at radius 2 is 2.29 bits per heavy atom. The molecule has 0 aliphatic heterocycles. The molecule has 1 aromatic rings. The zero-order chi connectivity index (χ0) is 12.8. The first-order chi connectivity index (χ1) is 8.04. The Morgan fingerprint density at radius 3 is 2.94 bits per heavy atom. The van der Waals surface area contributed by atoms with Crippen LogP contribution in [0.3, 0.4) is 0 Å². The Bertz CT molecular complexity index is 398. The van der Waals surface area contributed by atoms with Crippen LogP contribution in [-0.4, -0.2) is 23.7 Å². The van der Waals surface area contributed by atoms with Crippen LogP contribution in [0.2, 0.25) is 0 Å². The van der Waals surface area contributed by atoms with Crippen molar-refractivity contribution in [2.24, 2.45) is 0 Å². The van der Waals surface area contributed by atoms with E-state index in [1.54, 1.807) is 0 Å². The number of nitrogens with one attached hydrogen (secondary N) is 1. The average Bonchev–Trinajstić information content (AvgIpc) is 2.29. The van der Waals surface area contributed by atoms with E-state index in [9.17, 15) is 9.90 Å². The molecule has 2 N–H and O–H groups in total. The third-order valence-corrected chi connectivity index (χ3v) is 3.66. The molecule has 0 saturated heterocycles. The fourth-order valence-corrected chi connectivity index (χ4v) is 2.33. The van der Waals surface area contributed by atoms with E-state index in [-0.39, 0.29) is 5.91 Å². The van der Waals surface area contributed by atoms with Gasteiger partial charge >= 0.3 is 0 Å². The summed E-state index contributed by atoms with van der Waals surface area (Å²) >= 11 is 5.50. The van der Waals surface area contributed by atoms with E-state index in [2.05, 4.69) is 43.8 Å². The summed E-state index contributed by atoms with van der Waals surface area (Å²) < 4.78 is 1.77. The van der Waals surface area contributed by atoms with E-state index in [1.807, 2.05) is 25.1 Å². The van der Waals surface area contributed by atoms with E-state index < -0.39 is 6.10 Å². The Morgan fingerprint density at radius 1 is 1.59 bits per heavy atom. The maximum absolute atomic E-state index is 11.9. The molecule has 0 saturated carbocycles. The molecule has 0 bridgehead atoms. The number of carbonyl (C=O) groups is 1. The maximum Gasteiger partial charge on any atom is 0.252 e. The van der Waals surface area contributed by atoms with Gasteiger partial charge in [-0.1, -0.05) is 13.3 Å². The average molecular weight is 412 g/mol. The van der Waals surface area contributed by atoms with Gasteiger partial charge < -0.3 is 10.4 Å². The highest BCUT2D eigenvalue weighted by atomic mass is 127. The summed E-state index contributed by atoms with van der Waals surface area (Å²) in [5, 5.41) is 12.3. The molecule has 1 unspecified atom stereocenters. The number of hydrogen-bond donors (Lipinski definition) is 2. The molecule has 17 heavy (non-hydrogen) atoms. The quantitative estimate of drug-likeness (QED) is 0.732. The van der Waals surface area contributed by atoms with Gasteiger partial charge in [-0.15, -0.1) is 0 Å². The lowest BCUT2D eigenvalue weighted by molar-refractivity contribution is 0.0909. The normalized spacial score (nSPS) is 12.2. The number of halogens is 2. The lowest BCUT2D eigenvalue weighted by Gasteiger charge is -2.11. The van der Waals surface area contributed by atoms with Crippen molar-refractivity contribution >= 4 is 44.4 Å². The molecule has 0 heterocycles. The standard InChI is InChI=1S/C12H15BrINO2/c1-2-3-9(16)7-15-12(17)10-6-8(14)4-5-11(10)13/h4-6,9,16H,2-3,7H2,1H3,(H,15,17). The van der Waals surface area contributed by atoms with Crippen LogP contribution in [-0.2, 0) is 0 Å². The van der Waals surface area contributed by atoms with Crippen molar-refractivity contribution in [1.82, 2.24) is 5.32 Å². The number of carbonyl (C=O) groups excluding carboxylic acids is 1. The second kappa shape index (κ2) is 7.33. The molecule has 0 spiro atoms. The van der Waals surface area contributed by atoms with Gasteiger partial charge in [0, 0.05) is 14.6 Å². The van der Waals surface area contributed by atoms with Gasteiger partial charge in [0.25, 0.3) is 5.91 Å². The third-order valence-electron chi connectivity index (χ3n) is 2.29. The summed E-state index contributed by atoms with van der Waals surface area (Å²) in [6, 6.07) is 5.58. The van der Waals surface area contributed by atoms with Gasteiger partial charge in [0.2, 0.25) is 0 Å². The molecule has 3 nitrogen and oxygen atoms in total. The highest BCUT2D eigenvalue weighted by molar-refractivity contribution is 14.1. The van der Waals surface area contributed by atoms with Crippen molar-refractivity contribution in [3.63, 3.8) is 0 Å². The van der Waals surface area contributed by atoms with Gasteiger partial charge in [-0.2, -0.15) is 0 Å². The molecule has 1 atom stereocenters. The minimum Gasteiger partial charge on any atom is -0.391 e. The third kappa shape index (κ3) is 4.93. The highest BCUT2D eigenvalue weighted by Crippen LogP contribution is 2.19. The molecule has 0 aliphatic carbocycles. The number of aliphatic hydroxyl groups excluding tert-OH is 1. The van der Waals surface area contributed by atoms with Crippen molar-refractivity contribution < 1.29 is 9.90 Å². The maximum atomic E-state index is 11.9. The first-order valence-corrected chi connectivity index (χ1v) is 7.33. The fraction of sp³-hybridized carbons (Fsp3) is 0.417. The SMILES string of the molecule is CCCC(O)CNC(=O)c1cc(I)ccc1Br. The molecule has 0 radical (unpaired) electrons. The number of amides is 1. The number of hydrogen-bond acceptors (Lipinski definition) is 2.